The van der Waals surface area contributed by atoms with Crippen molar-refractivity contribution in [2.24, 2.45) is 0 Å². The first-order valence-corrected chi connectivity index (χ1v) is 8.93. The van der Waals surface area contributed by atoms with Crippen LogP contribution in [0.5, 0.6) is 5.75 Å². The number of nitrogens with zero attached hydrogens (tertiary/aromatic N) is 1. The van der Waals surface area contributed by atoms with Gasteiger partial charge in [0.1, 0.15) is 11.9 Å². The van der Waals surface area contributed by atoms with Gasteiger partial charge in [-0.3, -0.25) is 4.98 Å². The molecule has 0 radical (unpaired) electrons. The Bertz CT molecular complexity index is 867. The average molecular weight is 346 g/mol. The van der Waals surface area contributed by atoms with Crippen molar-refractivity contribution in [3.05, 3.63) is 84.2 Å². The number of ether oxygens (including phenoxy) is 1. The van der Waals surface area contributed by atoms with Crippen LogP contribution in [0.4, 0.5) is 0 Å². The first-order valence-electron chi connectivity index (χ1n) is 8.93. The number of benzene rings is 2. The molecule has 0 amide bonds. The Morgan fingerprint density at radius 2 is 1.81 bits per heavy atom. The lowest BCUT2D eigenvalue weighted by molar-refractivity contribution is 0.0657. The number of para-hydroxylation sites is 1. The van der Waals surface area contributed by atoms with Crippen molar-refractivity contribution >= 4 is 0 Å². The van der Waals surface area contributed by atoms with E-state index in [1.54, 1.807) is 0 Å². The molecule has 1 aliphatic rings. The fourth-order valence-electron chi connectivity index (χ4n) is 3.34. The fraction of sp³-hybridized carbons (Fsp3) is 0.227. The van der Waals surface area contributed by atoms with Crippen LogP contribution in [-0.2, 0) is 6.54 Å². The summed E-state index contributed by atoms with van der Waals surface area (Å²) in [4.78, 5) is 4.36. The van der Waals surface area contributed by atoms with E-state index in [2.05, 4.69) is 28.5 Å². The third-order valence-electron chi connectivity index (χ3n) is 4.66. The number of aliphatic hydroxyl groups is 1. The van der Waals surface area contributed by atoms with Gasteiger partial charge in [-0.1, -0.05) is 48.5 Å². The monoisotopic (exact) mass is 346 g/mol. The number of aromatic nitrogens is 1. The molecule has 4 rings (SSSR count). The number of fused-ring (bicyclic) bond motifs is 1. The largest absolute Gasteiger partial charge is 0.489 e. The molecule has 0 aliphatic carbocycles. The topological polar surface area (TPSA) is 54.4 Å². The lowest BCUT2D eigenvalue weighted by atomic mass is 9.99. The van der Waals surface area contributed by atoms with E-state index < -0.39 is 6.10 Å². The Morgan fingerprint density at radius 3 is 2.69 bits per heavy atom. The van der Waals surface area contributed by atoms with Crippen molar-refractivity contribution in [1.82, 2.24) is 10.3 Å². The molecule has 2 atom stereocenters. The highest BCUT2D eigenvalue weighted by molar-refractivity contribution is 5.62. The molecule has 0 bridgehead atoms. The minimum Gasteiger partial charge on any atom is -0.489 e. The van der Waals surface area contributed by atoms with Gasteiger partial charge in [0.2, 0.25) is 0 Å². The second-order valence-electron chi connectivity index (χ2n) is 6.61. The van der Waals surface area contributed by atoms with Gasteiger partial charge in [-0.05, 0) is 23.3 Å². The molecule has 3 aromatic rings. The summed E-state index contributed by atoms with van der Waals surface area (Å²) in [5.41, 5.74) is 4.28. The minimum absolute atomic E-state index is 0.0369. The Morgan fingerprint density at radius 1 is 1.00 bits per heavy atom. The molecular weight excluding hydrogens is 324 g/mol. The van der Waals surface area contributed by atoms with Crippen molar-refractivity contribution in [3.63, 3.8) is 0 Å². The molecule has 0 spiro atoms. The highest BCUT2D eigenvalue weighted by Gasteiger charge is 2.26. The maximum atomic E-state index is 10.3. The summed E-state index contributed by atoms with van der Waals surface area (Å²) in [5, 5.41) is 13.7. The number of nitrogens with one attached hydrogen (secondary N) is 1. The molecule has 2 aromatic carbocycles. The van der Waals surface area contributed by atoms with E-state index in [-0.39, 0.29) is 6.10 Å². The summed E-state index contributed by atoms with van der Waals surface area (Å²) in [6, 6.07) is 20.1. The number of rotatable bonds is 5. The SMILES string of the molecule is O[C@@H]1C[C@H](CNCc2cncc(-c3ccccc3)c2)Oc2ccccc21. The Balaban J connectivity index is 1.36. The third-order valence-corrected chi connectivity index (χ3v) is 4.66. The predicted molar refractivity (Wildman–Crippen MR) is 102 cm³/mol. The molecule has 2 heterocycles. The quantitative estimate of drug-likeness (QED) is 0.739. The van der Waals surface area contributed by atoms with Crippen molar-refractivity contribution in [3.8, 4) is 16.9 Å². The van der Waals surface area contributed by atoms with Gasteiger partial charge in [0.15, 0.2) is 0 Å². The van der Waals surface area contributed by atoms with Crippen LogP contribution >= 0.6 is 0 Å². The van der Waals surface area contributed by atoms with E-state index in [9.17, 15) is 5.11 Å². The van der Waals surface area contributed by atoms with Gasteiger partial charge in [0.05, 0.1) is 6.10 Å². The lowest BCUT2D eigenvalue weighted by Gasteiger charge is -2.29. The van der Waals surface area contributed by atoms with Gasteiger partial charge in [0.25, 0.3) is 0 Å². The fourth-order valence-corrected chi connectivity index (χ4v) is 3.34. The molecule has 0 fully saturated rings. The summed E-state index contributed by atoms with van der Waals surface area (Å²) in [7, 11) is 0. The number of aliphatic hydroxyl groups excluding tert-OH is 1. The van der Waals surface area contributed by atoms with Crippen molar-refractivity contribution in [2.45, 2.75) is 25.2 Å². The van der Waals surface area contributed by atoms with E-state index in [0.29, 0.717) is 19.5 Å². The summed E-state index contributed by atoms with van der Waals surface area (Å²) < 4.78 is 6.00. The molecule has 2 N–H and O–H groups in total. The Kier molecular flexibility index (Phi) is 4.95. The molecule has 132 valence electrons. The molecule has 26 heavy (non-hydrogen) atoms. The van der Waals surface area contributed by atoms with Crippen LogP contribution in [0.25, 0.3) is 11.1 Å². The van der Waals surface area contributed by atoms with Gasteiger partial charge < -0.3 is 15.2 Å². The van der Waals surface area contributed by atoms with Gasteiger partial charge in [-0.2, -0.15) is 0 Å². The van der Waals surface area contributed by atoms with Gasteiger partial charge >= 0.3 is 0 Å². The molecular formula is C22H22N2O2. The van der Waals surface area contributed by atoms with E-state index in [1.165, 1.54) is 0 Å². The Labute approximate surface area is 153 Å². The van der Waals surface area contributed by atoms with E-state index in [1.807, 2.05) is 54.9 Å². The zero-order valence-corrected chi connectivity index (χ0v) is 14.5. The maximum absolute atomic E-state index is 10.3. The lowest BCUT2D eigenvalue weighted by Crippen LogP contribution is -2.35. The zero-order valence-electron chi connectivity index (χ0n) is 14.5. The smallest absolute Gasteiger partial charge is 0.125 e. The van der Waals surface area contributed by atoms with E-state index >= 15 is 0 Å². The van der Waals surface area contributed by atoms with Crippen LogP contribution in [0.15, 0.2) is 73.1 Å². The maximum Gasteiger partial charge on any atom is 0.125 e. The molecule has 1 aromatic heterocycles. The van der Waals surface area contributed by atoms with E-state index in [4.69, 9.17) is 4.74 Å². The molecule has 4 nitrogen and oxygen atoms in total. The first kappa shape index (κ1) is 16.8. The third kappa shape index (κ3) is 3.77. The van der Waals surface area contributed by atoms with Gasteiger partial charge in [-0.25, -0.2) is 0 Å². The van der Waals surface area contributed by atoms with Crippen molar-refractivity contribution < 1.29 is 9.84 Å². The highest BCUT2D eigenvalue weighted by Crippen LogP contribution is 2.34. The second-order valence-corrected chi connectivity index (χ2v) is 6.61. The Hall–Kier alpha value is -2.69. The second kappa shape index (κ2) is 7.68. The number of hydrogen-bond donors (Lipinski definition) is 2. The van der Waals surface area contributed by atoms with Gasteiger partial charge in [-0.15, -0.1) is 0 Å². The zero-order chi connectivity index (χ0) is 17.8. The van der Waals surface area contributed by atoms with E-state index in [0.717, 1.165) is 28.0 Å². The van der Waals surface area contributed by atoms with Crippen LogP contribution in [0, 0.1) is 0 Å². The number of pyridine rings is 1. The summed E-state index contributed by atoms with van der Waals surface area (Å²) in [5.74, 6) is 0.783. The molecule has 0 saturated carbocycles. The van der Waals surface area contributed by atoms with Crippen LogP contribution in [0.1, 0.15) is 23.7 Å². The minimum atomic E-state index is -0.463. The molecule has 0 saturated heterocycles. The first-order chi connectivity index (χ1) is 12.8. The number of hydrogen-bond acceptors (Lipinski definition) is 4. The molecule has 0 unspecified atom stereocenters. The standard InChI is InChI=1S/C22H22N2O2/c25-21-11-19(26-22-9-5-4-8-20(21)22)15-24-13-16-10-18(14-23-12-16)17-6-2-1-3-7-17/h1-10,12,14,19,21,24-25H,11,13,15H2/t19-,21-/m1/s1. The van der Waals surface area contributed by atoms with Crippen LogP contribution < -0.4 is 10.1 Å². The normalized spacial score (nSPS) is 18.8. The van der Waals surface area contributed by atoms with Crippen LogP contribution in [0.2, 0.25) is 0 Å². The predicted octanol–water partition coefficient (Wildman–Crippen LogP) is 3.72. The van der Waals surface area contributed by atoms with Crippen molar-refractivity contribution in [1.29, 1.82) is 0 Å². The molecule has 4 heteroatoms. The summed E-state index contributed by atoms with van der Waals surface area (Å²) in [6.45, 7) is 1.40. The highest BCUT2D eigenvalue weighted by atomic mass is 16.5. The van der Waals surface area contributed by atoms with Crippen LogP contribution in [-0.4, -0.2) is 22.7 Å². The average Bonchev–Trinajstić information content (AvgIpc) is 2.69. The van der Waals surface area contributed by atoms with Crippen molar-refractivity contribution in [2.75, 3.05) is 6.54 Å². The van der Waals surface area contributed by atoms with Gasteiger partial charge in [0, 0.05) is 43.0 Å². The summed E-state index contributed by atoms with van der Waals surface area (Å²) >= 11 is 0. The summed E-state index contributed by atoms with van der Waals surface area (Å²) in [6.07, 6.45) is 3.87. The van der Waals surface area contributed by atoms with Crippen LogP contribution in [0.3, 0.4) is 0 Å². The molecule has 1 aliphatic heterocycles.